The smallest absolute Gasteiger partial charge is 0.416 e. The fourth-order valence-electron chi connectivity index (χ4n) is 3.79. The zero-order valence-corrected chi connectivity index (χ0v) is 18.6. The molecule has 34 heavy (non-hydrogen) atoms. The maximum Gasteiger partial charge on any atom is 0.416 e. The van der Waals surface area contributed by atoms with Crippen molar-refractivity contribution in [1.82, 2.24) is 5.06 Å². The van der Waals surface area contributed by atoms with Gasteiger partial charge in [-0.05, 0) is 61.4 Å². The average molecular weight is 469 g/mol. The molecule has 0 saturated carbocycles. The number of hydrogen-bond acceptors (Lipinski definition) is 6. The molecule has 176 valence electrons. The van der Waals surface area contributed by atoms with Crippen molar-refractivity contribution in [2.24, 2.45) is 0 Å². The van der Waals surface area contributed by atoms with Gasteiger partial charge in [0.05, 0.1) is 35.8 Å². The second-order valence-corrected chi connectivity index (χ2v) is 7.70. The summed E-state index contributed by atoms with van der Waals surface area (Å²) in [7, 11) is 1.36. The van der Waals surface area contributed by atoms with Crippen molar-refractivity contribution in [1.29, 1.82) is 5.26 Å². The first kappa shape index (κ1) is 24.8. The van der Waals surface area contributed by atoms with Crippen LogP contribution in [0, 0.1) is 11.3 Å². The average Bonchev–Trinajstić information content (AvgIpc) is 3.31. The van der Waals surface area contributed by atoms with Gasteiger partial charge in [0.1, 0.15) is 0 Å². The van der Waals surface area contributed by atoms with E-state index in [9.17, 15) is 28.4 Å². The van der Waals surface area contributed by atoms with Crippen LogP contribution in [-0.2, 0) is 11.0 Å². The van der Waals surface area contributed by atoms with Crippen LogP contribution < -0.4 is 5.32 Å². The fraction of sp³-hybridized carbons (Fsp3) is 0.200. The van der Waals surface area contributed by atoms with Gasteiger partial charge in [0.25, 0.3) is 0 Å². The number of carbonyl (C=O) groups excluding carboxylic acids is 1. The van der Waals surface area contributed by atoms with Crippen LogP contribution in [0.3, 0.4) is 0 Å². The van der Waals surface area contributed by atoms with Gasteiger partial charge in [0, 0.05) is 29.6 Å². The number of likely N-dealkylation sites (N-methyl/N-ethyl adjacent to an activating group) is 1. The number of benzene rings is 2. The lowest BCUT2D eigenvalue weighted by Crippen LogP contribution is -2.28. The third-order valence-electron chi connectivity index (χ3n) is 5.26. The number of halogens is 3. The van der Waals surface area contributed by atoms with Gasteiger partial charge in [-0.15, -0.1) is 0 Å². The molecule has 0 radical (unpaired) electrons. The number of Topliss-reactive ketones (excluding diaryl/α,β-unsaturated/α-hetero) is 1. The molecule has 1 aromatic heterocycles. The Morgan fingerprint density at radius 2 is 1.91 bits per heavy atom. The summed E-state index contributed by atoms with van der Waals surface area (Å²) < 4.78 is 44.5. The quantitative estimate of drug-likeness (QED) is 0.318. The van der Waals surface area contributed by atoms with E-state index in [1.54, 1.807) is 31.2 Å². The third kappa shape index (κ3) is 5.36. The molecule has 0 fully saturated rings. The van der Waals surface area contributed by atoms with E-state index in [2.05, 4.69) is 11.4 Å². The summed E-state index contributed by atoms with van der Waals surface area (Å²) in [5.74, 6) is -0.398. The number of anilines is 1. The zero-order chi connectivity index (χ0) is 25.0. The van der Waals surface area contributed by atoms with Crippen LogP contribution in [0.25, 0.3) is 11.1 Å². The Kier molecular flexibility index (Phi) is 7.25. The van der Waals surface area contributed by atoms with Crippen LogP contribution >= 0.6 is 0 Å². The van der Waals surface area contributed by atoms with Crippen molar-refractivity contribution in [3.8, 4) is 17.2 Å². The predicted molar refractivity (Wildman–Crippen MR) is 120 cm³/mol. The number of alkyl halides is 3. The van der Waals surface area contributed by atoms with E-state index in [1.165, 1.54) is 38.6 Å². The van der Waals surface area contributed by atoms with E-state index in [-0.39, 0.29) is 17.0 Å². The number of hydroxylamine groups is 2. The minimum absolute atomic E-state index is 0.136. The molecule has 9 heteroatoms. The number of hydrogen-bond donors (Lipinski definition) is 2. The Morgan fingerprint density at radius 3 is 2.47 bits per heavy atom. The van der Waals surface area contributed by atoms with E-state index >= 15 is 0 Å². The largest absolute Gasteiger partial charge is 0.472 e. The van der Waals surface area contributed by atoms with Crippen molar-refractivity contribution < 1.29 is 27.6 Å². The molecule has 1 atom stereocenters. The predicted octanol–water partition coefficient (Wildman–Crippen LogP) is 6.17. The second-order valence-electron chi connectivity index (χ2n) is 7.70. The molecule has 0 aliphatic rings. The van der Waals surface area contributed by atoms with Gasteiger partial charge >= 0.3 is 6.18 Å². The maximum absolute atomic E-state index is 13.1. The fourth-order valence-corrected chi connectivity index (χ4v) is 3.79. The third-order valence-corrected chi connectivity index (χ3v) is 5.26. The highest BCUT2D eigenvalue weighted by Gasteiger charge is 2.31. The van der Waals surface area contributed by atoms with Crippen LogP contribution in [0.2, 0.25) is 0 Å². The van der Waals surface area contributed by atoms with Gasteiger partial charge in [0.15, 0.2) is 5.78 Å². The van der Waals surface area contributed by atoms with Crippen LogP contribution in [0.4, 0.5) is 18.9 Å². The van der Waals surface area contributed by atoms with E-state index in [0.717, 1.165) is 17.2 Å². The van der Waals surface area contributed by atoms with Gasteiger partial charge in [-0.1, -0.05) is 12.1 Å². The van der Waals surface area contributed by atoms with Gasteiger partial charge in [-0.3, -0.25) is 4.79 Å². The Labute approximate surface area is 194 Å². The Balaban J connectivity index is 2.15. The SMILES string of the molecule is CC(=O)/C(=C(\C)Nc1cccc(C(F)(F)F)c1)C(c1ccc(C#N)cc1-c1ccoc1)N(C)O. The summed E-state index contributed by atoms with van der Waals surface area (Å²) in [6.07, 6.45) is -1.59. The summed E-state index contributed by atoms with van der Waals surface area (Å²) in [4.78, 5) is 12.8. The number of rotatable bonds is 7. The lowest BCUT2D eigenvalue weighted by molar-refractivity contribution is -0.137. The number of furan rings is 1. The molecule has 0 aliphatic heterocycles. The number of ketones is 1. The Bertz CT molecular complexity index is 1260. The van der Waals surface area contributed by atoms with Gasteiger partial charge in [0.2, 0.25) is 0 Å². The molecule has 0 spiro atoms. The van der Waals surface area contributed by atoms with E-state index in [4.69, 9.17) is 4.42 Å². The minimum atomic E-state index is -4.52. The zero-order valence-electron chi connectivity index (χ0n) is 18.6. The monoisotopic (exact) mass is 469 g/mol. The molecular formula is C25H22F3N3O3. The summed E-state index contributed by atoms with van der Waals surface area (Å²) in [5.41, 5.74) is 1.76. The standard InChI is InChI=1S/C25H22F3N3O3/c1-15(30-20-6-4-5-19(12-20)25(26,27)28)23(16(2)32)24(31(3)33)21-8-7-17(13-29)11-22(21)18-9-10-34-14-18/h4-12,14,24,30,33H,1-3H3/b23-15-. The van der Waals surface area contributed by atoms with Crippen molar-refractivity contribution in [2.75, 3.05) is 12.4 Å². The van der Waals surface area contributed by atoms with Gasteiger partial charge < -0.3 is 14.9 Å². The second kappa shape index (κ2) is 9.95. The molecule has 1 unspecified atom stereocenters. The first-order chi connectivity index (χ1) is 16.0. The highest BCUT2D eigenvalue weighted by Crippen LogP contribution is 2.38. The highest BCUT2D eigenvalue weighted by atomic mass is 19.4. The first-order valence-corrected chi connectivity index (χ1v) is 10.2. The molecule has 1 heterocycles. The molecular weight excluding hydrogens is 447 g/mol. The summed E-state index contributed by atoms with van der Waals surface area (Å²) in [6, 6.07) is 12.2. The van der Waals surface area contributed by atoms with Crippen molar-refractivity contribution in [2.45, 2.75) is 26.1 Å². The van der Waals surface area contributed by atoms with Crippen molar-refractivity contribution in [3.63, 3.8) is 0 Å². The van der Waals surface area contributed by atoms with Crippen molar-refractivity contribution in [3.05, 3.63) is 89.0 Å². The van der Waals surface area contributed by atoms with Gasteiger partial charge in [-0.25, -0.2) is 0 Å². The van der Waals surface area contributed by atoms with E-state index in [1.807, 2.05) is 0 Å². The number of nitrogens with zero attached hydrogens (tertiary/aromatic N) is 2. The van der Waals surface area contributed by atoms with Crippen molar-refractivity contribution >= 4 is 11.5 Å². The van der Waals surface area contributed by atoms with Gasteiger partial charge in [-0.2, -0.15) is 23.5 Å². The molecule has 2 N–H and O–H groups in total. The lowest BCUT2D eigenvalue weighted by Gasteiger charge is -2.28. The van der Waals surface area contributed by atoms with E-state index < -0.39 is 23.6 Å². The molecule has 3 rings (SSSR count). The summed E-state index contributed by atoms with van der Waals surface area (Å²) >= 11 is 0. The van der Waals surface area contributed by atoms with E-state index in [0.29, 0.717) is 22.3 Å². The number of nitriles is 1. The normalized spacial score (nSPS) is 13.3. The topological polar surface area (TPSA) is 89.5 Å². The van der Waals surface area contributed by atoms with Crippen LogP contribution in [-0.4, -0.2) is 23.1 Å². The molecule has 0 saturated heterocycles. The summed E-state index contributed by atoms with van der Waals surface area (Å²) in [5, 5.41) is 23.6. The summed E-state index contributed by atoms with van der Waals surface area (Å²) in [6.45, 7) is 2.86. The molecule has 0 bridgehead atoms. The van der Waals surface area contributed by atoms with Crippen LogP contribution in [0.5, 0.6) is 0 Å². The number of carbonyl (C=O) groups is 1. The number of allylic oxidation sites excluding steroid dienone is 1. The maximum atomic E-state index is 13.1. The highest BCUT2D eigenvalue weighted by molar-refractivity contribution is 5.96. The molecule has 6 nitrogen and oxygen atoms in total. The number of nitrogens with one attached hydrogen (secondary N) is 1. The molecule has 0 aliphatic carbocycles. The molecule has 0 amide bonds. The Morgan fingerprint density at radius 1 is 1.18 bits per heavy atom. The Hall–Kier alpha value is -3.87. The lowest BCUT2D eigenvalue weighted by atomic mass is 9.88. The van der Waals surface area contributed by atoms with Crippen LogP contribution in [0.1, 0.15) is 36.6 Å². The minimum Gasteiger partial charge on any atom is -0.472 e. The first-order valence-electron chi connectivity index (χ1n) is 10.2. The molecule has 3 aromatic rings. The van der Waals surface area contributed by atoms with Crippen LogP contribution in [0.15, 0.2) is 76.7 Å². The molecule has 2 aromatic carbocycles.